The van der Waals surface area contributed by atoms with Crippen molar-refractivity contribution in [3.8, 4) is 0 Å². The number of amides is 1. The number of carboxylic acids is 1. The average molecular weight is 367 g/mol. The molecule has 1 amide bonds. The van der Waals surface area contributed by atoms with Gasteiger partial charge in [0.25, 0.3) is 0 Å². The highest BCUT2D eigenvalue weighted by molar-refractivity contribution is 5.95. The lowest BCUT2D eigenvalue weighted by Gasteiger charge is -2.57. The maximum Gasteiger partial charge on any atom is 0.307 e. The van der Waals surface area contributed by atoms with Crippen molar-refractivity contribution in [1.82, 2.24) is 0 Å². The molecule has 5 saturated carbocycles. The molecule has 5 fully saturated rings. The molecule has 2 N–H and O–H groups in total. The minimum atomic E-state index is -0.843. The molecule has 0 spiro atoms. The fourth-order valence-electron chi connectivity index (χ4n) is 7.18. The summed E-state index contributed by atoms with van der Waals surface area (Å²) in [6.45, 7) is 0. The number of nitrogens with one attached hydrogen (secondary N) is 1. The highest BCUT2D eigenvalue weighted by atomic mass is 16.4. The Hall–Kier alpha value is -1.84. The van der Waals surface area contributed by atoms with Crippen LogP contribution in [-0.2, 0) is 15.0 Å². The van der Waals surface area contributed by atoms with Gasteiger partial charge in [0.1, 0.15) is 0 Å². The molecule has 2 atom stereocenters. The van der Waals surface area contributed by atoms with Crippen LogP contribution in [0.2, 0.25) is 0 Å². The first kappa shape index (κ1) is 17.3. The molecule has 27 heavy (non-hydrogen) atoms. The molecule has 4 heteroatoms. The third-order valence-corrected chi connectivity index (χ3v) is 7.97. The van der Waals surface area contributed by atoms with E-state index in [9.17, 15) is 14.7 Å². The Labute approximate surface area is 160 Å². The largest absolute Gasteiger partial charge is 0.481 e. The van der Waals surface area contributed by atoms with Gasteiger partial charge in [0, 0.05) is 5.69 Å². The number of hydrogen-bond acceptors (Lipinski definition) is 2. The highest BCUT2D eigenvalue weighted by Crippen LogP contribution is 2.60. The first-order valence-electron chi connectivity index (χ1n) is 10.7. The molecule has 0 unspecified atom stereocenters. The van der Waals surface area contributed by atoms with Crippen LogP contribution in [0.1, 0.15) is 63.4 Å². The zero-order valence-electron chi connectivity index (χ0n) is 15.8. The molecule has 0 radical (unpaired) electrons. The van der Waals surface area contributed by atoms with E-state index in [1.54, 1.807) is 0 Å². The van der Waals surface area contributed by atoms with Crippen LogP contribution in [-0.4, -0.2) is 17.0 Å². The Morgan fingerprint density at radius 1 is 0.889 bits per heavy atom. The van der Waals surface area contributed by atoms with Gasteiger partial charge in [-0.05, 0) is 92.2 Å². The van der Waals surface area contributed by atoms with Crippen molar-refractivity contribution in [3.63, 3.8) is 0 Å². The first-order valence-corrected chi connectivity index (χ1v) is 10.7. The lowest BCUT2D eigenvalue weighted by atomic mass is 9.48. The molecule has 4 bridgehead atoms. The van der Waals surface area contributed by atoms with E-state index in [1.807, 2.05) is 12.1 Å². The molecule has 5 aliphatic carbocycles. The molecule has 1 aromatic carbocycles. The molecule has 4 nitrogen and oxygen atoms in total. The second-order valence-electron chi connectivity index (χ2n) is 9.75. The van der Waals surface area contributed by atoms with Crippen molar-refractivity contribution >= 4 is 17.6 Å². The second-order valence-corrected chi connectivity index (χ2v) is 9.75. The second kappa shape index (κ2) is 6.35. The monoisotopic (exact) mass is 367 g/mol. The maximum absolute atomic E-state index is 12.6. The van der Waals surface area contributed by atoms with Gasteiger partial charge in [-0.1, -0.05) is 18.6 Å². The topological polar surface area (TPSA) is 66.4 Å². The van der Waals surface area contributed by atoms with Gasteiger partial charge in [0.05, 0.1) is 11.8 Å². The van der Waals surface area contributed by atoms with E-state index in [0.29, 0.717) is 18.3 Å². The summed E-state index contributed by atoms with van der Waals surface area (Å²) < 4.78 is 0. The summed E-state index contributed by atoms with van der Waals surface area (Å²) in [5, 5.41) is 12.3. The summed E-state index contributed by atoms with van der Waals surface area (Å²) in [5.41, 5.74) is 2.62. The normalized spacial score (nSPS) is 39.5. The Morgan fingerprint density at radius 2 is 1.44 bits per heavy atom. The third-order valence-electron chi connectivity index (χ3n) is 7.97. The van der Waals surface area contributed by atoms with E-state index in [0.717, 1.165) is 29.9 Å². The van der Waals surface area contributed by atoms with Crippen molar-refractivity contribution in [3.05, 3.63) is 29.8 Å². The standard InChI is InChI=1S/C23H29NO3/c25-21(19-2-1-3-20(19)22(26)27)24-18-6-4-17(5-7-18)23-11-14-8-15(12-23)10-16(9-14)13-23/h4-7,14-16,19-20H,1-3,8-13H2,(H,24,25)(H,26,27)/t14?,15?,16?,19-,20+,23?/m0/s1. The van der Waals surface area contributed by atoms with E-state index in [-0.39, 0.29) is 5.91 Å². The number of carbonyl (C=O) groups excluding carboxylic acids is 1. The van der Waals surface area contributed by atoms with Crippen LogP contribution in [0.5, 0.6) is 0 Å². The van der Waals surface area contributed by atoms with Gasteiger partial charge in [-0.15, -0.1) is 0 Å². The van der Waals surface area contributed by atoms with Crippen molar-refractivity contribution < 1.29 is 14.7 Å². The highest BCUT2D eigenvalue weighted by Gasteiger charge is 2.51. The Kier molecular flexibility index (Phi) is 4.06. The molecule has 0 saturated heterocycles. The first-order chi connectivity index (χ1) is 13.0. The number of hydrogen-bond donors (Lipinski definition) is 2. The van der Waals surface area contributed by atoms with Gasteiger partial charge >= 0.3 is 5.97 Å². The van der Waals surface area contributed by atoms with Crippen LogP contribution in [0.4, 0.5) is 5.69 Å². The van der Waals surface area contributed by atoms with E-state index in [4.69, 9.17) is 0 Å². The minimum absolute atomic E-state index is 0.137. The summed E-state index contributed by atoms with van der Waals surface area (Å²) in [7, 11) is 0. The Balaban J connectivity index is 1.30. The van der Waals surface area contributed by atoms with Crippen LogP contribution < -0.4 is 5.32 Å². The molecule has 0 heterocycles. The maximum atomic E-state index is 12.6. The van der Waals surface area contributed by atoms with Gasteiger partial charge in [0.15, 0.2) is 0 Å². The van der Waals surface area contributed by atoms with Crippen molar-refractivity contribution in [2.75, 3.05) is 5.32 Å². The molecular formula is C23H29NO3. The molecule has 144 valence electrons. The SMILES string of the molecule is O=C(Nc1ccc(C23CC4CC(CC(C4)C2)C3)cc1)[C@H]1CCC[C@H]1C(=O)O. The molecule has 1 aromatic rings. The summed E-state index contributed by atoms with van der Waals surface area (Å²) in [4.78, 5) is 23.9. The van der Waals surface area contributed by atoms with Crippen molar-refractivity contribution in [2.45, 2.75) is 63.2 Å². The van der Waals surface area contributed by atoms with Crippen LogP contribution in [0.15, 0.2) is 24.3 Å². The lowest BCUT2D eigenvalue weighted by molar-refractivity contribution is -0.145. The van der Waals surface area contributed by atoms with Gasteiger partial charge in [0.2, 0.25) is 5.91 Å². The number of rotatable bonds is 4. The smallest absolute Gasteiger partial charge is 0.307 e. The number of anilines is 1. The third kappa shape index (κ3) is 2.97. The van der Waals surface area contributed by atoms with Gasteiger partial charge in [-0.3, -0.25) is 9.59 Å². The predicted molar refractivity (Wildman–Crippen MR) is 103 cm³/mol. The van der Waals surface area contributed by atoms with Crippen LogP contribution in [0.25, 0.3) is 0 Å². The lowest BCUT2D eigenvalue weighted by Crippen LogP contribution is -2.48. The summed E-state index contributed by atoms with van der Waals surface area (Å²) in [6.07, 6.45) is 10.5. The van der Waals surface area contributed by atoms with Crippen LogP contribution in [0, 0.1) is 29.6 Å². The predicted octanol–water partition coefficient (Wildman–Crippen LogP) is 4.59. The molecule has 6 rings (SSSR count). The average Bonchev–Trinajstić information content (AvgIpc) is 3.11. The number of carboxylic acid groups (broad SMARTS) is 1. The summed E-state index contributed by atoms with van der Waals surface area (Å²) in [5.74, 6) is 0.858. The number of aliphatic carboxylic acids is 1. The van der Waals surface area contributed by atoms with Gasteiger partial charge in [-0.25, -0.2) is 0 Å². The quantitative estimate of drug-likeness (QED) is 0.818. The molecule has 5 aliphatic rings. The Morgan fingerprint density at radius 3 is 2.00 bits per heavy atom. The zero-order chi connectivity index (χ0) is 18.6. The van der Waals surface area contributed by atoms with Crippen molar-refractivity contribution in [1.29, 1.82) is 0 Å². The summed E-state index contributed by atoms with van der Waals surface area (Å²) >= 11 is 0. The van der Waals surface area contributed by atoms with Crippen molar-refractivity contribution in [2.24, 2.45) is 29.6 Å². The van der Waals surface area contributed by atoms with Gasteiger partial charge < -0.3 is 10.4 Å². The van der Waals surface area contributed by atoms with E-state index in [2.05, 4.69) is 17.4 Å². The van der Waals surface area contributed by atoms with Crippen LogP contribution in [0.3, 0.4) is 0 Å². The molecule has 0 aliphatic heterocycles. The van der Waals surface area contributed by atoms with E-state index in [1.165, 1.54) is 44.1 Å². The number of benzene rings is 1. The van der Waals surface area contributed by atoms with E-state index >= 15 is 0 Å². The van der Waals surface area contributed by atoms with E-state index < -0.39 is 17.8 Å². The summed E-state index contributed by atoms with van der Waals surface area (Å²) in [6, 6.07) is 8.48. The van der Waals surface area contributed by atoms with Crippen LogP contribution >= 0.6 is 0 Å². The molecular weight excluding hydrogens is 338 g/mol. The van der Waals surface area contributed by atoms with Gasteiger partial charge in [-0.2, -0.15) is 0 Å². The fraction of sp³-hybridized carbons (Fsp3) is 0.652. The fourth-order valence-corrected chi connectivity index (χ4v) is 7.18. The zero-order valence-corrected chi connectivity index (χ0v) is 15.8. The Bertz CT molecular complexity index is 718. The molecule has 0 aromatic heterocycles. The minimum Gasteiger partial charge on any atom is -0.481 e. The number of carbonyl (C=O) groups is 2.